The molecule has 0 saturated heterocycles. The van der Waals surface area contributed by atoms with Crippen LogP contribution in [-0.4, -0.2) is 5.60 Å². The molecule has 16 heavy (non-hydrogen) atoms. The van der Waals surface area contributed by atoms with Gasteiger partial charge in [0.1, 0.15) is 5.60 Å². The summed E-state index contributed by atoms with van der Waals surface area (Å²) >= 11 is 0. The second-order valence-electron chi connectivity index (χ2n) is 6.11. The molecule has 0 radical (unpaired) electrons. The summed E-state index contributed by atoms with van der Waals surface area (Å²) in [6.45, 7) is 12.0. The lowest BCUT2D eigenvalue weighted by atomic mass is 9.87. The predicted octanol–water partition coefficient (Wildman–Crippen LogP) is 4.30. The molecule has 90 valence electrons. The standard InChI is InChI=1S/C14H21FO/c1-13(2,3)10-7-8-11(15)12(9-10)16-14(4,5)6/h7-9H,1-6H3. The van der Waals surface area contributed by atoms with Crippen molar-refractivity contribution in [2.45, 2.75) is 52.6 Å². The third-order valence-electron chi connectivity index (χ3n) is 2.21. The Balaban J connectivity index is 3.10. The van der Waals surface area contributed by atoms with Crippen LogP contribution in [0.1, 0.15) is 47.1 Å². The zero-order valence-electron chi connectivity index (χ0n) is 11.0. The van der Waals surface area contributed by atoms with Crippen molar-refractivity contribution in [3.8, 4) is 5.75 Å². The van der Waals surface area contributed by atoms with Gasteiger partial charge in [0.2, 0.25) is 0 Å². The van der Waals surface area contributed by atoms with E-state index in [1.165, 1.54) is 6.07 Å². The fourth-order valence-electron chi connectivity index (χ4n) is 1.38. The van der Waals surface area contributed by atoms with E-state index in [9.17, 15) is 4.39 Å². The molecule has 1 aromatic rings. The maximum Gasteiger partial charge on any atom is 0.165 e. The first-order chi connectivity index (χ1) is 7.09. The molecule has 0 N–H and O–H groups in total. The van der Waals surface area contributed by atoms with Crippen LogP contribution < -0.4 is 4.74 Å². The minimum absolute atomic E-state index is 0.00366. The van der Waals surface area contributed by atoms with E-state index in [4.69, 9.17) is 4.74 Å². The number of hydrogen-bond acceptors (Lipinski definition) is 1. The molecule has 0 saturated carbocycles. The molecule has 0 bridgehead atoms. The smallest absolute Gasteiger partial charge is 0.165 e. The average Bonchev–Trinajstić information content (AvgIpc) is 2.04. The Morgan fingerprint density at radius 1 is 1.00 bits per heavy atom. The lowest BCUT2D eigenvalue weighted by Gasteiger charge is -2.24. The second kappa shape index (κ2) is 4.08. The van der Waals surface area contributed by atoms with E-state index < -0.39 is 0 Å². The van der Waals surface area contributed by atoms with Gasteiger partial charge < -0.3 is 4.74 Å². The van der Waals surface area contributed by atoms with Gasteiger partial charge >= 0.3 is 0 Å². The highest BCUT2D eigenvalue weighted by Crippen LogP contribution is 2.29. The molecule has 0 fully saturated rings. The van der Waals surface area contributed by atoms with Crippen LogP contribution in [0.15, 0.2) is 18.2 Å². The topological polar surface area (TPSA) is 9.23 Å². The first kappa shape index (κ1) is 13.0. The van der Waals surface area contributed by atoms with Crippen LogP contribution in [-0.2, 0) is 5.41 Å². The summed E-state index contributed by atoms with van der Waals surface area (Å²) in [5.74, 6) is 0.0304. The van der Waals surface area contributed by atoms with Crippen LogP contribution in [0.5, 0.6) is 5.75 Å². The summed E-state index contributed by atoms with van der Waals surface area (Å²) in [4.78, 5) is 0. The molecule has 0 aliphatic rings. The number of ether oxygens (including phenoxy) is 1. The SMILES string of the molecule is CC(C)(C)Oc1cc(C(C)(C)C)ccc1F. The second-order valence-corrected chi connectivity index (χ2v) is 6.11. The van der Waals surface area contributed by atoms with Gasteiger partial charge in [-0.05, 0) is 43.9 Å². The van der Waals surface area contributed by atoms with Crippen molar-refractivity contribution in [3.05, 3.63) is 29.6 Å². The van der Waals surface area contributed by atoms with Gasteiger partial charge in [-0.1, -0.05) is 26.8 Å². The maximum absolute atomic E-state index is 13.6. The van der Waals surface area contributed by atoms with Crippen LogP contribution >= 0.6 is 0 Å². The van der Waals surface area contributed by atoms with Crippen molar-refractivity contribution in [2.24, 2.45) is 0 Å². The highest BCUT2D eigenvalue weighted by Gasteiger charge is 2.19. The van der Waals surface area contributed by atoms with E-state index in [1.807, 2.05) is 26.8 Å². The number of benzene rings is 1. The lowest BCUT2D eigenvalue weighted by Crippen LogP contribution is -2.24. The van der Waals surface area contributed by atoms with Gasteiger partial charge in [0.15, 0.2) is 11.6 Å². The van der Waals surface area contributed by atoms with E-state index >= 15 is 0 Å². The minimum atomic E-state index is -0.378. The first-order valence-corrected chi connectivity index (χ1v) is 5.59. The van der Waals surface area contributed by atoms with Crippen molar-refractivity contribution >= 4 is 0 Å². The van der Waals surface area contributed by atoms with Gasteiger partial charge in [-0.2, -0.15) is 0 Å². The largest absolute Gasteiger partial charge is 0.485 e. The van der Waals surface area contributed by atoms with E-state index in [2.05, 4.69) is 20.8 Å². The predicted molar refractivity (Wildman–Crippen MR) is 65.5 cm³/mol. The third-order valence-corrected chi connectivity index (χ3v) is 2.21. The molecule has 0 unspecified atom stereocenters. The number of rotatable bonds is 1. The molecule has 0 aliphatic heterocycles. The molecule has 0 aliphatic carbocycles. The van der Waals surface area contributed by atoms with Crippen LogP contribution in [0.2, 0.25) is 0 Å². The Kier molecular flexibility index (Phi) is 3.32. The Bertz CT molecular complexity index is 369. The Hall–Kier alpha value is -1.05. The Labute approximate surface area is 97.6 Å². The van der Waals surface area contributed by atoms with Gasteiger partial charge in [0.05, 0.1) is 0 Å². The van der Waals surface area contributed by atoms with Crippen LogP contribution in [0.4, 0.5) is 4.39 Å². The molecular formula is C14H21FO. The maximum atomic E-state index is 13.6. The highest BCUT2D eigenvalue weighted by atomic mass is 19.1. The molecule has 1 aromatic carbocycles. The van der Waals surface area contributed by atoms with E-state index in [-0.39, 0.29) is 16.8 Å². The number of hydrogen-bond donors (Lipinski definition) is 0. The van der Waals surface area contributed by atoms with Crippen LogP contribution in [0, 0.1) is 5.82 Å². The van der Waals surface area contributed by atoms with Gasteiger partial charge in [0.25, 0.3) is 0 Å². The third kappa shape index (κ3) is 3.51. The fourth-order valence-corrected chi connectivity index (χ4v) is 1.38. The van der Waals surface area contributed by atoms with Crippen LogP contribution in [0.25, 0.3) is 0 Å². The normalized spacial score (nSPS) is 12.7. The van der Waals surface area contributed by atoms with Crippen molar-refractivity contribution in [3.63, 3.8) is 0 Å². The average molecular weight is 224 g/mol. The molecule has 0 aromatic heterocycles. The summed E-state index contributed by atoms with van der Waals surface area (Å²) in [7, 11) is 0. The monoisotopic (exact) mass is 224 g/mol. The van der Waals surface area contributed by atoms with Crippen molar-refractivity contribution < 1.29 is 9.13 Å². The Morgan fingerprint density at radius 2 is 1.56 bits per heavy atom. The summed E-state index contributed by atoms with van der Waals surface area (Å²) in [6.07, 6.45) is 0. The van der Waals surface area contributed by atoms with Crippen molar-refractivity contribution in [1.82, 2.24) is 0 Å². The minimum Gasteiger partial charge on any atom is -0.485 e. The summed E-state index contributed by atoms with van der Waals surface area (Å²) < 4.78 is 19.2. The molecule has 0 atom stereocenters. The fraction of sp³-hybridized carbons (Fsp3) is 0.571. The van der Waals surface area contributed by atoms with E-state index in [0.29, 0.717) is 5.75 Å². The van der Waals surface area contributed by atoms with Crippen LogP contribution in [0.3, 0.4) is 0 Å². The first-order valence-electron chi connectivity index (χ1n) is 5.59. The number of halogens is 1. The van der Waals surface area contributed by atoms with Gasteiger partial charge in [-0.25, -0.2) is 4.39 Å². The summed E-state index contributed by atoms with van der Waals surface area (Å²) in [5.41, 5.74) is 0.703. The zero-order chi connectivity index (χ0) is 12.6. The van der Waals surface area contributed by atoms with Gasteiger partial charge in [0, 0.05) is 0 Å². The summed E-state index contributed by atoms with van der Waals surface area (Å²) in [6, 6.07) is 5.08. The molecule has 0 spiro atoms. The molecule has 2 heteroatoms. The molecule has 1 rings (SSSR count). The van der Waals surface area contributed by atoms with E-state index in [0.717, 1.165) is 5.56 Å². The van der Waals surface area contributed by atoms with Gasteiger partial charge in [-0.15, -0.1) is 0 Å². The lowest BCUT2D eigenvalue weighted by molar-refractivity contribution is 0.124. The van der Waals surface area contributed by atoms with E-state index in [1.54, 1.807) is 6.07 Å². The molecular weight excluding hydrogens is 203 g/mol. The highest BCUT2D eigenvalue weighted by molar-refractivity contribution is 5.34. The Morgan fingerprint density at radius 3 is 2.00 bits per heavy atom. The molecule has 0 heterocycles. The van der Waals surface area contributed by atoms with Crippen molar-refractivity contribution in [2.75, 3.05) is 0 Å². The van der Waals surface area contributed by atoms with Gasteiger partial charge in [-0.3, -0.25) is 0 Å². The molecule has 0 amide bonds. The molecule has 1 nitrogen and oxygen atoms in total. The zero-order valence-corrected chi connectivity index (χ0v) is 11.0. The summed E-state index contributed by atoms with van der Waals surface area (Å²) in [5, 5.41) is 0. The van der Waals surface area contributed by atoms with Crippen molar-refractivity contribution in [1.29, 1.82) is 0 Å². The quantitative estimate of drug-likeness (QED) is 0.691.